The Morgan fingerprint density at radius 2 is 0.709 bits per heavy atom. The molecule has 0 aromatic heterocycles. The second kappa shape index (κ2) is 68.2. The average Bonchev–Trinajstić information content (AvgIpc) is 1.78. The lowest BCUT2D eigenvalue weighted by molar-refractivity contribution is -0.154. The van der Waals surface area contributed by atoms with E-state index >= 15 is 0 Å². The first-order valence-corrected chi connectivity index (χ1v) is 47.4. The number of carbonyl (C=O) groups is 7. The van der Waals surface area contributed by atoms with Crippen molar-refractivity contribution in [1.29, 1.82) is 0 Å². The Hall–Kier alpha value is -10.1. The predicted molar refractivity (Wildman–Crippen MR) is 575 cm³/mol. The van der Waals surface area contributed by atoms with Crippen LogP contribution in [-0.2, 0) is 109 Å². The highest BCUT2D eigenvalue weighted by atomic mass is 32.1. The van der Waals surface area contributed by atoms with E-state index in [1.165, 1.54) is 77.1 Å². The molecule has 4 atom stereocenters. The molecule has 3 fully saturated rings. The Balaban J connectivity index is 0.000000347. The van der Waals surface area contributed by atoms with Crippen molar-refractivity contribution in [1.82, 2.24) is 35.6 Å². The van der Waals surface area contributed by atoms with Crippen LogP contribution in [-0.4, -0.2) is 256 Å². The molecule has 3 amide bonds. The SMILES string of the molecule is C1CCOC1.CO.COC(=O)c1cccc(CC(=O)OC(C)(C)C)c1.COC(=O)c1cccc(N)c1.NC[C@H](O)CN1CCc2ccccc2C1.NCc1cccc(C(=O)NC[C@H](O)CN2CCc3ccccc3C2)c1.Nc1cccc(C(=O)NC[C@H](O)CN2CCc3ccccc3C2)c1.O=C(NC[C@H](O)CN1CCc2ccccc2C1)c1cccc(CC2CCOCC2)c1.O=C1CCOCC1.S.S.S.S. The number of nitrogens with two attached hydrogens (primary N) is 4. The van der Waals surface area contributed by atoms with E-state index in [1.54, 1.807) is 84.9 Å². The summed E-state index contributed by atoms with van der Waals surface area (Å²) in [5.74, 6) is -0.641. The number of anilines is 2. The number of aliphatic hydroxyl groups excluding tert-OH is 5. The van der Waals surface area contributed by atoms with Gasteiger partial charge in [0.15, 0.2) is 0 Å². The van der Waals surface area contributed by atoms with Gasteiger partial charge in [-0.1, -0.05) is 146 Å². The Kier molecular flexibility index (Phi) is 59.6. The number of fused-ring (bicyclic) bond motifs is 4. The molecule has 33 heteroatoms. The zero-order valence-electron chi connectivity index (χ0n) is 82.6. The Bertz CT molecular complexity index is 5170. The number of esters is 3. The second-order valence-electron chi connectivity index (χ2n) is 35.5. The first kappa shape index (κ1) is 123. The fraction of sp³-hybridized carbons (Fsp3) is 0.435. The van der Waals surface area contributed by atoms with Crippen molar-refractivity contribution in [3.8, 4) is 0 Å². The summed E-state index contributed by atoms with van der Waals surface area (Å²) in [6.07, 6.45) is 9.04. The quantitative estimate of drug-likeness (QED) is 0.0144. The summed E-state index contributed by atoms with van der Waals surface area (Å²) in [6, 6.07) is 69.2. The molecule has 16 N–H and O–H groups in total. The summed E-state index contributed by atoms with van der Waals surface area (Å²) >= 11 is 0. The molecule has 7 heterocycles. The lowest BCUT2D eigenvalue weighted by Gasteiger charge is -2.30. The fourth-order valence-corrected chi connectivity index (χ4v) is 16.2. The highest BCUT2D eigenvalue weighted by molar-refractivity contribution is 7.59. The Labute approximate surface area is 860 Å². The van der Waals surface area contributed by atoms with Crippen LogP contribution in [0.3, 0.4) is 0 Å². The number of aliphatic hydroxyl groups is 5. The number of nitrogens with zero attached hydrogens (tertiary/aromatic N) is 4. The van der Waals surface area contributed by atoms with E-state index in [0.29, 0.717) is 116 Å². The molecule has 3 saturated heterocycles. The number of amides is 3. The molecule has 772 valence electrons. The Morgan fingerprint density at radius 3 is 1.05 bits per heavy atom. The predicted octanol–water partition coefficient (Wildman–Crippen LogP) is 10.5. The molecule has 9 aromatic rings. The van der Waals surface area contributed by atoms with Crippen molar-refractivity contribution in [2.75, 3.05) is 151 Å². The monoisotopic (exact) mass is 2020 g/mol. The van der Waals surface area contributed by atoms with E-state index in [0.717, 1.165) is 142 Å². The fourth-order valence-electron chi connectivity index (χ4n) is 16.2. The summed E-state index contributed by atoms with van der Waals surface area (Å²) in [7, 11) is 3.66. The summed E-state index contributed by atoms with van der Waals surface area (Å²) in [6.45, 7) is 21.5. The highest BCUT2D eigenvalue weighted by Crippen LogP contribution is 2.26. The molecule has 16 rings (SSSR count). The van der Waals surface area contributed by atoms with Crippen molar-refractivity contribution in [3.63, 3.8) is 0 Å². The van der Waals surface area contributed by atoms with Gasteiger partial charge in [-0.05, 0) is 218 Å². The number of hydrogen-bond donors (Lipinski definition) is 12. The van der Waals surface area contributed by atoms with Gasteiger partial charge in [-0.2, -0.15) is 54.0 Å². The van der Waals surface area contributed by atoms with Gasteiger partial charge in [-0.25, -0.2) is 9.59 Å². The van der Waals surface area contributed by atoms with Crippen LogP contribution in [0.1, 0.15) is 172 Å². The third-order valence-electron chi connectivity index (χ3n) is 23.4. The maximum Gasteiger partial charge on any atom is 0.337 e. The number of nitrogen functional groups attached to an aromatic ring is 2. The molecule has 7 aliphatic heterocycles. The molecular formula is C108H153N11O18S4. The topological polar surface area (TPSA) is 429 Å². The second-order valence-corrected chi connectivity index (χ2v) is 35.5. The molecule has 141 heavy (non-hydrogen) atoms. The Morgan fingerprint density at radius 1 is 0.397 bits per heavy atom. The van der Waals surface area contributed by atoms with Crippen LogP contribution in [0.5, 0.6) is 0 Å². The zero-order valence-corrected chi connectivity index (χ0v) is 86.6. The van der Waals surface area contributed by atoms with Crippen LogP contribution in [0.15, 0.2) is 218 Å². The van der Waals surface area contributed by atoms with Crippen LogP contribution in [0.4, 0.5) is 11.4 Å². The van der Waals surface area contributed by atoms with Gasteiger partial charge < -0.3 is 92.8 Å². The number of β-amino-alcohol motifs (C(OH)–C–C–N with tert-alkyl or cyclic N) is 4. The zero-order chi connectivity index (χ0) is 98.7. The molecule has 0 aliphatic carbocycles. The van der Waals surface area contributed by atoms with Crippen molar-refractivity contribution in [2.24, 2.45) is 17.4 Å². The molecule has 0 spiro atoms. The molecular weight excluding hydrogens is 1870 g/mol. The maximum atomic E-state index is 12.6. The standard InChI is InChI=1S/C25H32N2O3.C20H25N3O2.C19H23N3O2.C14H18O4.C12H18N2O.C8H9NO2.C5H8O2.C4H8O.CH4O.4H2S/c28-24(18-27-11-8-21-5-1-2-6-23(21)17-27)16-26-25(29)22-7-3-4-20(15-22)14-19-9-12-30-13-10-19;21-11-15-4-3-7-17(10-15)20(25)22-12-19(24)14-23-9-8-16-5-1-2-6-18(16)13-23;20-17-7-3-6-15(10-17)19(24)21-11-18(23)13-22-9-8-14-4-1-2-5-16(14)12-22;1-14(2,3)18-12(15)9-10-6-5-7-11(8-10)13(16)17-4;13-7-12(15)9-14-6-5-10-3-1-2-4-11(10)8-14;1-11-8(10)6-3-2-4-7(9)5-6;6-5-1-3-7-4-2-5;1-2-4-5-3-1;1-2;;;;/h1-7,15,19,24,28H,8-14,16-18H2,(H,26,29);1-7,10,19,24H,8-9,11-14,21H2,(H,22,25);1-7,10,18,23H,8-9,11-13,20H2,(H,21,24);5-8H,9H2,1-4H3;1-4,12,15H,5-9,13H2;2-5H,9H2,1H3;1-4H2;1-4H2;2H,1H3;4*1H2/t24-;19-;18-;;12-;;;;;;;;/m000.0......../s1. The van der Waals surface area contributed by atoms with E-state index in [-0.39, 0.29) is 110 Å². The number of rotatable bonds is 25. The third kappa shape index (κ3) is 46.9. The summed E-state index contributed by atoms with van der Waals surface area (Å²) in [5.41, 5.74) is 39.2. The maximum absolute atomic E-state index is 12.6. The number of methoxy groups -OCH3 is 2. The average molecular weight is 2020 g/mol. The largest absolute Gasteiger partial charge is 0.465 e. The van der Waals surface area contributed by atoms with E-state index in [2.05, 4.69) is 142 Å². The van der Waals surface area contributed by atoms with Crippen LogP contribution in [0, 0.1) is 5.92 Å². The lowest BCUT2D eigenvalue weighted by atomic mass is 9.92. The molecule has 0 bridgehead atoms. The minimum absolute atomic E-state index is 0. The van der Waals surface area contributed by atoms with Gasteiger partial charge >= 0.3 is 17.9 Å². The van der Waals surface area contributed by atoms with E-state index < -0.39 is 36.0 Å². The summed E-state index contributed by atoms with van der Waals surface area (Å²) in [4.78, 5) is 90.1. The summed E-state index contributed by atoms with van der Waals surface area (Å²) in [5, 5.41) is 55.9. The minimum Gasteiger partial charge on any atom is -0.465 e. The van der Waals surface area contributed by atoms with Crippen molar-refractivity contribution in [3.05, 3.63) is 307 Å². The highest BCUT2D eigenvalue weighted by Gasteiger charge is 2.26. The summed E-state index contributed by atoms with van der Waals surface area (Å²) < 4.78 is 29.6. The van der Waals surface area contributed by atoms with Gasteiger partial charge in [-0.3, -0.25) is 43.6 Å². The van der Waals surface area contributed by atoms with E-state index in [1.807, 2.05) is 57.2 Å². The number of ketones is 1. The van der Waals surface area contributed by atoms with Crippen LogP contribution < -0.4 is 38.9 Å². The van der Waals surface area contributed by atoms with Crippen LogP contribution >= 0.6 is 54.0 Å². The molecule has 7 aliphatic rings. The van der Waals surface area contributed by atoms with Gasteiger partial charge in [0.25, 0.3) is 17.7 Å². The van der Waals surface area contributed by atoms with Crippen molar-refractivity contribution < 1.29 is 87.5 Å². The minimum atomic E-state index is -0.597. The van der Waals surface area contributed by atoms with Gasteiger partial charge in [0.1, 0.15) is 11.4 Å². The normalized spacial score (nSPS) is 15.4. The number of Topliss-reactive ketones (excluding diaryl/α,β-unsaturated/α-hetero) is 1. The molecule has 0 saturated carbocycles. The smallest absolute Gasteiger partial charge is 0.337 e. The van der Waals surface area contributed by atoms with Gasteiger partial charge in [0, 0.05) is 186 Å². The van der Waals surface area contributed by atoms with Crippen LogP contribution in [0.2, 0.25) is 0 Å². The number of nitrogens with one attached hydrogen (secondary N) is 3. The van der Waals surface area contributed by atoms with Crippen LogP contribution in [0.25, 0.3) is 0 Å². The first-order valence-electron chi connectivity index (χ1n) is 47.4. The molecule has 0 radical (unpaired) electrons. The number of hydrogen-bond acceptors (Lipinski definition) is 26. The lowest BCUT2D eigenvalue weighted by Crippen LogP contribution is -2.42. The molecule has 29 nitrogen and oxygen atoms in total. The van der Waals surface area contributed by atoms with Gasteiger partial charge in [0.2, 0.25) is 0 Å². The van der Waals surface area contributed by atoms with Crippen molar-refractivity contribution in [2.45, 2.75) is 161 Å². The first-order chi connectivity index (χ1) is 66.2. The third-order valence-corrected chi connectivity index (χ3v) is 23.4. The number of ether oxygens (including phenoxy) is 6. The number of benzene rings is 9. The van der Waals surface area contributed by atoms with E-state index in [4.69, 9.17) is 47.0 Å². The van der Waals surface area contributed by atoms with Gasteiger partial charge in [0.05, 0.1) is 69.4 Å². The van der Waals surface area contributed by atoms with E-state index in [9.17, 15) is 54.0 Å². The molecule has 0 unspecified atom stereocenters. The number of carbonyl (C=O) groups excluding carboxylic acids is 7. The van der Waals surface area contributed by atoms with Gasteiger partial charge in [-0.15, -0.1) is 0 Å². The molecule has 9 aromatic carbocycles. The van der Waals surface area contributed by atoms with Crippen molar-refractivity contribution >= 4 is 107 Å².